The van der Waals surface area contributed by atoms with Crippen molar-refractivity contribution in [3.05, 3.63) is 63.1 Å². The number of anilines is 1. The van der Waals surface area contributed by atoms with E-state index in [9.17, 15) is 18.0 Å². The number of carbonyl (C=O) groups excluding carboxylic acids is 1. The van der Waals surface area contributed by atoms with Crippen LogP contribution in [0.2, 0.25) is 0 Å². The Bertz CT molecular complexity index is 1290. The lowest BCUT2D eigenvalue weighted by Crippen LogP contribution is -2.24. The summed E-state index contributed by atoms with van der Waals surface area (Å²) in [5.74, 6) is -0.340. The molecule has 0 aliphatic rings. The highest BCUT2D eigenvalue weighted by Gasteiger charge is 2.20. The Hall–Kier alpha value is -2.56. The largest absolute Gasteiger partial charge is 0.326 e. The lowest BCUT2D eigenvalue weighted by molar-refractivity contribution is -0.116. The maximum atomic E-state index is 12.6. The van der Waals surface area contributed by atoms with Crippen LogP contribution in [0.4, 0.5) is 5.69 Å². The van der Waals surface area contributed by atoms with E-state index < -0.39 is 10.0 Å². The van der Waals surface area contributed by atoms with Crippen LogP contribution >= 0.6 is 15.9 Å². The summed E-state index contributed by atoms with van der Waals surface area (Å²) in [6, 6.07) is 9.96. The number of halogens is 1. The molecule has 0 aliphatic heterocycles. The fourth-order valence-corrected chi connectivity index (χ4v) is 4.39. The van der Waals surface area contributed by atoms with E-state index in [1.165, 1.54) is 31.1 Å². The smallest absolute Gasteiger partial charge is 0.261 e. The number of aryl methyl sites for hydroxylation is 2. The van der Waals surface area contributed by atoms with Crippen molar-refractivity contribution in [3.8, 4) is 0 Å². The summed E-state index contributed by atoms with van der Waals surface area (Å²) in [4.78, 5) is 29.4. The Morgan fingerprint density at radius 2 is 1.93 bits per heavy atom. The van der Waals surface area contributed by atoms with Gasteiger partial charge in [0.25, 0.3) is 5.56 Å². The third-order valence-corrected chi connectivity index (χ3v) is 7.05. The quantitative estimate of drug-likeness (QED) is 0.569. The van der Waals surface area contributed by atoms with E-state index in [2.05, 4.69) is 26.2 Å². The fourth-order valence-electron chi connectivity index (χ4n) is 2.89. The van der Waals surface area contributed by atoms with Crippen molar-refractivity contribution >= 4 is 48.5 Å². The van der Waals surface area contributed by atoms with Gasteiger partial charge in [0.15, 0.2) is 0 Å². The average molecular weight is 493 g/mol. The fraction of sp³-hybridized carbons (Fsp3) is 0.250. The van der Waals surface area contributed by atoms with Crippen LogP contribution in [-0.2, 0) is 21.4 Å². The predicted octanol–water partition coefficient (Wildman–Crippen LogP) is 2.75. The summed E-state index contributed by atoms with van der Waals surface area (Å²) in [5, 5.41) is 3.15. The molecule has 0 spiro atoms. The minimum atomic E-state index is -3.63. The van der Waals surface area contributed by atoms with Crippen molar-refractivity contribution in [2.45, 2.75) is 24.8 Å². The molecule has 0 unspecified atom stereocenters. The van der Waals surface area contributed by atoms with E-state index in [0.29, 0.717) is 22.2 Å². The highest BCUT2D eigenvalue weighted by molar-refractivity contribution is 9.10. The van der Waals surface area contributed by atoms with Crippen molar-refractivity contribution in [2.24, 2.45) is 0 Å². The van der Waals surface area contributed by atoms with Crippen LogP contribution in [0, 0.1) is 6.92 Å². The maximum Gasteiger partial charge on any atom is 0.261 e. The van der Waals surface area contributed by atoms with Gasteiger partial charge in [-0.25, -0.2) is 17.7 Å². The maximum absolute atomic E-state index is 12.6. The van der Waals surface area contributed by atoms with Crippen LogP contribution in [0.5, 0.6) is 0 Å². The SMILES string of the molecule is Cc1ccc(NC(=O)CCn2cnc3ccc(Br)cc3c2=O)cc1S(=O)(=O)N(C)C. The van der Waals surface area contributed by atoms with E-state index in [1.807, 2.05) is 0 Å². The number of nitrogens with one attached hydrogen (secondary N) is 1. The molecule has 0 saturated heterocycles. The molecule has 0 aliphatic carbocycles. The third-order valence-electron chi connectivity index (χ3n) is 4.60. The molecule has 0 fully saturated rings. The molecular formula is C20H21BrN4O4S. The minimum absolute atomic E-state index is 0.0325. The van der Waals surface area contributed by atoms with Gasteiger partial charge < -0.3 is 5.32 Å². The first-order chi connectivity index (χ1) is 14.1. The highest BCUT2D eigenvalue weighted by Crippen LogP contribution is 2.22. The second-order valence-electron chi connectivity index (χ2n) is 6.97. The number of amides is 1. The van der Waals surface area contributed by atoms with Gasteiger partial charge in [0.05, 0.1) is 22.1 Å². The zero-order chi connectivity index (χ0) is 22.1. The summed E-state index contributed by atoms with van der Waals surface area (Å²) in [6.45, 7) is 1.84. The van der Waals surface area contributed by atoms with E-state index in [1.54, 1.807) is 37.3 Å². The van der Waals surface area contributed by atoms with Crippen molar-refractivity contribution in [2.75, 3.05) is 19.4 Å². The Kier molecular flexibility index (Phi) is 6.39. The number of carbonyl (C=O) groups is 1. The molecule has 0 atom stereocenters. The van der Waals surface area contributed by atoms with Crippen LogP contribution in [0.3, 0.4) is 0 Å². The predicted molar refractivity (Wildman–Crippen MR) is 119 cm³/mol. The van der Waals surface area contributed by atoms with Gasteiger partial charge in [-0.3, -0.25) is 14.2 Å². The molecule has 1 aromatic heterocycles. The molecule has 8 nitrogen and oxygen atoms in total. The van der Waals surface area contributed by atoms with Crippen LogP contribution in [0.15, 0.2) is 56.9 Å². The Balaban J connectivity index is 1.75. The van der Waals surface area contributed by atoms with E-state index >= 15 is 0 Å². The van der Waals surface area contributed by atoms with Crippen molar-refractivity contribution in [1.29, 1.82) is 0 Å². The molecule has 2 aromatic carbocycles. The first kappa shape index (κ1) is 22.1. The number of benzene rings is 2. The van der Waals surface area contributed by atoms with Gasteiger partial charge in [-0.2, -0.15) is 0 Å². The molecule has 10 heteroatoms. The number of aromatic nitrogens is 2. The van der Waals surface area contributed by atoms with Gasteiger partial charge >= 0.3 is 0 Å². The molecule has 3 aromatic rings. The number of sulfonamides is 1. The molecular weight excluding hydrogens is 472 g/mol. The molecule has 1 amide bonds. The van der Waals surface area contributed by atoms with Crippen LogP contribution in [0.25, 0.3) is 10.9 Å². The molecule has 158 valence electrons. The van der Waals surface area contributed by atoms with E-state index in [0.717, 1.165) is 8.78 Å². The van der Waals surface area contributed by atoms with Gasteiger partial charge in [0, 0.05) is 37.2 Å². The van der Waals surface area contributed by atoms with Crippen molar-refractivity contribution < 1.29 is 13.2 Å². The average Bonchev–Trinajstić information content (AvgIpc) is 2.69. The second-order valence-corrected chi connectivity index (χ2v) is 10.0. The minimum Gasteiger partial charge on any atom is -0.326 e. The summed E-state index contributed by atoms with van der Waals surface area (Å²) >= 11 is 3.34. The van der Waals surface area contributed by atoms with Gasteiger partial charge in [0.2, 0.25) is 15.9 Å². The van der Waals surface area contributed by atoms with Crippen molar-refractivity contribution in [1.82, 2.24) is 13.9 Å². The zero-order valence-electron chi connectivity index (χ0n) is 16.7. The first-order valence-electron chi connectivity index (χ1n) is 9.07. The van der Waals surface area contributed by atoms with Crippen LogP contribution in [0.1, 0.15) is 12.0 Å². The number of hydrogen-bond acceptors (Lipinski definition) is 5. The highest BCUT2D eigenvalue weighted by atomic mass is 79.9. The molecule has 0 saturated carbocycles. The van der Waals surface area contributed by atoms with Crippen LogP contribution in [-0.4, -0.2) is 42.3 Å². The van der Waals surface area contributed by atoms with Gasteiger partial charge in [-0.05, 0) is 42.8 Å². The molecule has 30 heavy (non-hydrogen) atoms. The van der Waals surface area contributed by atoms with Gasteiger partial charge in [-0.15, -0.1) is 0 Å². The molecule has 1 heterocycles. The summed E-state index contributed by atoms with van der Waals surface area (Å²) < 4.78 is 28.1. The van der Waals surface area contributed by atoms with Gasteiger partial charge in [0.1, 0.15) is 0 Å². The lowest BCUT2D eigenvalue weighted by atomic mass is 10.2. The number of fused-ring (bicyclic) bond motifs is 1. The molecule has 3 rings (SSSR count). The Morgan fingerprint density at radius 3 is 2.63 bits per heavy atom. The standard InChI is InChI=1S/C20H21BrN4O4S/c1-13-4-6-15(11-18(13)30(28,29)24(2)3)23-19(26)8-9-25-12-22-17-7-5-14(21)10-16(17)20(25)27/h4-7,10-12H,8-9H2,1-3H3,(H,23,26). The summed E-state index contributed by atoms with van der Waals surface area (Å²) in [5.41, 5.74) is 1.31. The normalized spacial score (nSPS) is 11.8. The monoisotopic (exact) mass is 492 g/mol. The topological polar surface area (TPSA) is 101 Å². The Morgan fingerprint density at radius 1 is 1.20 bits per heavy atom. The molecule has 0 radical (unpaired) electrons. The third kappa shape index (κ3) is 4.61. The summed E-state index contributed by atoms with van der Waals surface area (Å²) in [6.07, 6.45) is 1.45. The number of nitrogens with zero attached hydrogens (tertiary/aromatic N) is 3. The van der Waals surface area contributed by atoms with Crippen LogP contribution < -0.4 is 10.9 Å². The first-order valence-corrected chi connectivity index (χ1v) is 11.3. The van der Waals surface area contributed by atoms with E-state index in [4.69, 9.17) is 0 Å². The zero-order valence-corrected chi connectivity index (χ0v) is 19.1. The van der Waals surface area contributed by atoms with E-state index in [-0.39, 0.29) is 29.3 Å². The second kappa shape index (κ2) is 8.66. The van der Waals surface area contributed by atoms with Crippen molar-refractivity contribution in [3.63, 3.8) is 0 Å². The van der Waals surface area contributed by atoms with Gasteiger partial charge in [-0.1, -0.05) is 22.0 Å². The molecule has 1 N–H and O–H groups in total. The molecule has 0 bridgehead atoms. The lowest BCUT2D eigenvalue weighted by Gasteiger charge is -2.15. The number of hydrogen-bond donors (Lipinski definition) is 1. The Labute approximate surface area is 182 Å². The number of rotatable bonds is 6. The summed E-state index contributed by atoms with van der Waals surface area (Å²) in [7, 11) is -0.722.